The minimum Gasteiger partial charge on any atom is -0.351 e. The topological polar surface area (TPSA) is 93.2 Å². The number of halogens is 1. The van der Waals surface area contributed by atoms with Crippen LogP contribution >= 0.6 is 0 Å². The van der Waals surface area contributed by atoms with Gasteiger partial charge in [0.1, 0.15) is 11.6 Å². The van der Waals surface area contributed by atoms with Crippen LogP contribution in [0.2, 0.25) is 0 Å². The molecule has 10 heteroatoms. The van der Waals surface area contributed by atoms with E-state index in [0.29, 0.717) is 18.1 Å². The molecule has 1 aliphatic rings. The van der Waals surface area contributed by atoms with Crippen LogP contribution in [-0.2, 0) is 0 Å². The fourth-order valence-corrected chi connectivity index (χ4v) is 3.70. The first-order valence-corrected chi connectivity index (χ1v) is 9.61. The van der Waals surface area contributed by atoms with Gasteiger partial charge < -0.3 is 14.6 Å². The molecule has 0 bridgehead atoms. The van der Waals surface area contributed by atoms with Crippen LogP contribution in [0.15, 0.2) is 49.1 Å². The molecule has 0 radical (unpaired) electrons. The molecule has 1 atom stereocenters. The fraction of sp³-hybridized carbons (Fsp3) is 0.250. The highest BCUT2D eigenvalue weighted by Gasteiger charge is 2.28. The van der Waals surface area contributed by atoms with Gasteiger partial charge in [-0.05, 0) is 37.6 Å². The molecule has 4 aromatic rings. The molecule has 3 aromatic heterocycles. The number of imidazole rings is 1. The molecule has 1 fully saturated rings. The first-order valence-electron chi connectivity index (χ1n) is 9.61. The van der Waals surface area contributed by atoms with Crippen LogP contribution in [-0.4, -0.2) is 54.2 Å². The number of nitrogens with zero attached hydrogens (tertiary/aromatic N) is 7. The smallest absolute Gasteiger partial charge is 0.291 e. The molecule has 1 unspecified atom stereocenters. The Morgan fingerprint density at radius 1 is 1.17 bits per heavy atom. The average Bonchev–Trinajstić information content (AvgIpc) is 3.48. The summed E-state index contributed by atoms with van der Waals surface area (Å²) in [7, 11) is 0. The van der Waals surface area contributed by atoms with Crippen LogP contribution in [0.1, 0.15) is 22.9 Å². The van der Waals surface area contributed by atoms with Gasteiger partial charge in [0.25, 0.3) is 5.91 Å². The van der Waals surface area contributed by atoms with Crippen molar-refractivity contribution in [3.63, 3.8) is 0 Å². The highest BCUT2D eigenvalue weighted by atomic mass is 19.1. The summed E-state index contributed by atoms with van der Waals surface area (Å²) in [6.45, 7) is 3.14. The highest BCUT2D eigenvalue weighted by Crippen LogP contribution is 2.22. The molecule has 1 aromatic carbocycles. The number of hydrogen-bond acceptors (Lipinski definition) is 6. The Kier molecular flexibility index (Phi) is 4.38. The van der Waals surface area contributed by atoms with Gasteiger partial charge in [0.15, 0.2) is 11.5 Å². The molecule has 1 amide bonds. The number of nitrogens with one attached hydrogen (secondary N) is 1. The number of benzene rings is 1. The maximum absolute atomic E-state index is 13.2. The van der Waals surface area contributed by atoms with Crippen molar-refractivity contribution in [2.24, 2.45) is 0 Å². The lowest BCUT2D eigenvalue weighted by Gasteiger charge is -2.18. The lowest BCUT2D eigenvalue weighted by molar-refractivity contribution is 0.0930. The Balaban J connectivity index is 1.29. The number of rotatable bonds is 4. The molecule has 1 N–H and O–H groups in total. The number of carbonyl (C=O) groups is 1. The standard InChI is InChI=1S/C20H19FN8O/c1-13-24-17(26-29(13)16-4-2-14(21)3-5-16)20(30)25-15-6-9-28(12-15)19-18-22-7-10-27(18)11-8-23-19/h2-5,7-8,10-11,15H,6,9,12H2,1H3,(H,25,30). The monoisotopic (exact) mass is 406 g/mol. The van der Waals surface area contributed by atoms with Gasteiger partial charge in [-0.25, -0.2) is 24.0 Å². The number of aryl methyl sites for hydroxylation is 1. The number of amides is 1. The van der Waals surface area contributed by atoms with Crippen molar-refractivity contribution in [1.29, 1.82) is 0 Å². The highest BCUT2D eigenvalue weighted by molar-refractivity contribution is 5.90. The molecular formula is C20H19FN8O. The summed E-state index contributed by atoms with van der Waals surface area (Å²) in [5.41, 5.74) is 1.44. The molecule has 152 valence electrons. The molecule has 0 aliphatic carbocycles. The van der Waals surface area contributed by atoms with Crippen molar-refractivity contribution >= 4 is 17.4 Å². The third-order valence-electron chi connectivity index (χ3n) is 5.16. The quantitative estimate of drug-likeness (QED) is 0.555. The van der Waals surface area contributed by atoms with Crippen molar-refractivity contribution in [3.8, 4) is 5.69 Å². The van der Waals surface area contributed by atoms with Crippen molar-refractivity contribution in [2.45, 2.75) is 19.4 Å². The minimum atomic E-state index is -0.335. The maximum atomic E-state index is 13.2. The van der Waals surface area contributed by atoms with E-state index >= 15 is 0 Å². The van der Waals surface area contributed by atoms with Gasteiger partial charge in [0, 0.05) is 43.9 Å². The Labute approximate surface area is 171 Å². The molecule has 5 rings (SSSR count). The van der Waals surface area contributed by atoms with Crippen LogP contribution in [0.4, 0.5) is 10.2 Å². The Hall–Kier alpha value is -3.82. The normalized spacial score (nSPS) is 16.3. The number of fused-ring (bicyclic) bond motifs is 1. The number of aromatic nitrogens is 6. The maximum Gasteiger partial charge on any atom is 0.291 e. The van der Waals surface area contributed by atoms with Crippen molar-refractivity contribution in [2.75, 3.05) is 18.0 Å². The molecular weight excluding hydrogens is 387 g/mol. The molecule has 4 heterocycles. The second kappa shape index (κ2) is 7.21. The summed E-state index contributed by atoms with van der Waals surface area (Å²) in [6, 6.07) is 5.83. The van der Waals surface area contributed by atoms with E-state index in [1.807, 2.05) is 16.8 Å². The predicted octanol–water partition coefficient (Wildman–Crippen LogP) is 1.77. The van der Waals surface area contributed by atoms with E-state index in [1.54, 1.807) is 31.5 Å². The predicted molar refractivity (Wildman–Crippen MR) is 107 cm³/mol. The second-order valence-corrected chi connectivity index (χ2v) is 7.18. The third kappa shape index (κ3) is 3.25. The van der Waals surface area contributed by atoms with E-state index in [1.165, 1.54) is 16.8 Å². The zero-order valence-electron chi connectivity index (χ0n) is 16.2. The third-order valence-corrected chi connectivity index (χ3v) is 5.16. The molecule has 0 spiro atoms. The van der Waals surface area contributed by atoms with E-state index < -0.39 is 0 Å². The van der Waals surface area contributed by atoms with Gasteiger partial charge in [0.2, 0.25) is 5.82 Å². The lowest BCUT2D eigenvalue weighted by Crippen LogP contribution is -2.37. The van der Waals surface area contributed by atoms with E-state index in [4.69, 9.17) is 0 Å². The van der Waals surface area contributed by atoms with Gasteiger partial charge in [-0.3, -0.25) is 4.79 Å². The van der Waals surface area contributed by atoms with E-state index in [-0.39, 0.29) is 23.6 Å². The molecule has 30 heavy (non-hydrogen) atoms. The lowest BCUT2D eigenvalue weighted by atomic mass is 10.2. The van der Waals surface area contributed by atoms with Crippen LogP contribution in [0.25, 0.3) is 11.3 Å². The summed E-state index contributed by atoms with van der Waals surface area (Å²) in [5.74, 6) is 0.770. The van der Waals surface area contributed by atoms with E-state index in [0.717, 1.165) is 24.4 Å². The van der Waals surface area contributed by atoms with Crippen LogP contribution < -0.4 is 10.2 Å². The van der Waals surface area contributed by atoms with Crippen LogP contribution in [0, 0.1) is 12.7 Å². The van der Waals surface area contributed by atoms with Crippen molar-refractivity contribution < 1.29 is 9.18 Å². The first-order chi connectivity index (χ1) is 14.6. The second-order valence-electron chi connectivity index (χ2n) is 7.18. The van der Waals surface area contributed by atoms with Crippen LogP contribution in [0.5, 0.6) is 0 Å². The zero-order chi connectivity index (χ0) is 20.7. The SMILES string of the molecule is Cc1nc(C(=O)NC2CCN(c3nccn4ccnc34)C2)nn1-c1ccc(F)cc1. The Bertz CT molecular complexity index is 1220. The molecule has 9 nitrogen and oxygen atoms in total. The van der Waals surface area contributed by atoms with E-state index in [9.17, 15) is 9.18 Å². The largest absolute Gasteiger partial charge is 0.351 e. The Morgan fingerprint density at radius 2 is 1.93 bits per heavy atom. The minimum absolute atomic E-state index is 0.0485. The van der Waals surface area contributed by atoms with Gasteiger partial charge >= 0.3 is 0 Å². The van der Waals surface area contributed by atoms with Gasteiger partial charge in [-0.2, -0.15) is 0 Å². The number of hydrogen-bond donors (Lipinski definition) is 1. The summed E-state index contributed by atoms with van der Waals surface area (Å²) >= 11 is 0. The van der Waals surface area contributed by atoms with Crippen LogP contribution in [0.3, 0.4) is 0 Å². The zero-order valence-corrected chi connectivity index (χ0v) is 16.2. The summed E-state index contributed by atoms with van der Waals surface area (Å²) in [6.07, 6.45) is 7.99. The first kappa shape index (κ1) is 18.2. The Morgan fingerprint density at radius 3 is 2.73 bits per heavy atom. The summed E-state index contributed by atoms with van der Waals surface area (Å²) in [5, 5.41) is 7.30. The fourth-order valence-electron chi connectivity index (χ4n) is 3.70. The summed E-state index contributed by atoms with van der Waals surface area (Å²) in [4.78, 5) is 27.9. The molecule has 1 saturated heterocycles. The molecule has 1 aliphatic heterocycles. The van der Waals surface area contributed by atoms with Gasteiger partial charge in [-0.1, -0.05) is 0 Å². The number of anilines is 1. The van der Waals surface area contributed by atoms with Gasteiger partial charge in [0.05, 0.1) is 5.69 Å². The summed E-state index contributed by atoms with van der Waals surface area (Å²) < 4.78 is 16.6. The van der Waals surface area contributed by atoms with Crippen molar-refractivity contribution in [1.82, 2.24) is 34.4 Å². The van der Waals surface area contributed by atoms with Crippen molar-refractivity contribution in [3.05, 3.63) is 66.5 Å². The average molecular weight is 406 g/mol. The van der Waals surface area contributed by atoms with Gasteiger partial charge in [-0.15, -0.1) is 5.10 Å². The van der Waals surface area contributed by atoms with E-state index in [2.05, 4.69) is 30.3 Å². The number of carbonyl (C=O) groups excluding carboxylic acids is 1. The molecule has 0 saturated carbocycles.